The molecule has 0 aliphatic heterocycles. The Morgan fingerprint density at radius 1 is 1.40 bits per heavy atom. The molecule has 0 fully saturated rings. The zero-order chi connectivity index (χ0) is 14.1. The number of aromatic nitrogens is 2. The normalized spacial score (nSPS) is 12.9. The van der Waals surface area contributed by atoms with E-state index in [1.54, 1.807) is 0 Å². The lowest BCUT2D eigenvalue weighted by Gasteiger charge is -2.10. The summed E-state index contributed by atoms with van der Waals surface area (Å²) < 4.78 is 6.94. The first kappa shape index (κ1) is 13.4. The lowest BCUT2D eigenvalue weighted by Crippen LogP contribution is -2.17. The van der Waals surface area contributed by atoms with Gasteiger partial charge in [-0.1, -0.05) is 15.9 Å². The monoisotopic (exact) mass is 333 g/mol. The van der Waals surface area contributed by atoms with Crippen molar-refractivity contribution >= 4 is 26.9 Å². The van der Waals surface area contributed by atoms with Crippen molar-refractivity contribution in [2.75, 3.05) is 0 Å². The Balaban J connectivity index is 1.75. The van der Waals surface area contributed by atoms with Gasteiger partial charge in [0.2, 0.25) is 0 Å². The van der Waals surface area contributed by atoms with Gasteiger partial charge in [-0.05, 0) is 38.1 Å². The quantitative estimate of drug-likeness (QED) is 0.756. The molecule has 0 bridgehead atoms. The van der Waals surface area contributed by atoms with Crippen molar-refractivity contribution in [2.24, 2.45) is 0 Å². The average Bonchev–Trinajstić information content (AvgIpc) is 3.01. The number of halogens is 1. The standard InChI is InChI=1S/C15H16BrN3O/c1-9-12(8-18-19-9)7-17-10(2)15-6-11-5-13(16)3-4-14(11)20-15/h3-6,8,10,17H,7H2,1-2H3,(H,18,19). The molecule has 1 atom stereocenters. The van der Waals surface area contributed by atoms with Crippen molar-refractivity contribution in [3.63, 3.8) is 0 Å². The maximum atomic E-state index is 5.88. The van der Waals surface area contributed by atoms with E-state index < -0.39 is 0 Å². The first-order valence-corrected chi connectivity index (χ1v) is 7.34. The second kappa shape index (κ2) is 5.42. The fourth-order valence-corrected chi connectivity index (χ4v) is 2.54. The summed E-state index contributed by atoms with van der Waals surface area (Å²) in [5.41, 5.74) is 3.19. The lowest BCUT2D eigenvalue weighted by atomic mass is 10.2. The molecule has 0 spiro atoms. The number of fused-ring (bicyclic) bond motifs is 1. The molecule has 0 aliphatic rings. The number of nitrogens with zero attached hydrogens (tertiary/aromatic N) is 1. The zero-order valence-electron chi connectivity index (χ0n) is 11.4. The van der Waals surface area contributed by atoms with E-state index in [4.69, 9.17) is 4.42 Å². The van der Waals surface area contributed by atoms with Crippen LogP contribution in [0.3, 0.4) is 0 Å². The van der Waals surface area contributed by atoms with Crippen molar-refractivity contribution in [1.82, 2.24) is 15.5 Å². The second-order valence-corrected chi connectivity index (χ2v) is 5.87. The summed E-state index contributed by atoms with van der Waals surface area (Å²) in [5, 5.41) is 11.5. The van der Waals surface area contributed by atoms with Gasteiger partial charge in [0, 0.05) is 27.7 Å². The number of nitrogens with one attached hydrogen (secondary N) is 2. The molecule has 20 heavy (non-hydrogen) atoms. The highest BCUT2D eigenvalue weighted by Gasteiger charge is 2.12. The highest BCUT2D eigenvalue weighted by atomic mass is 79.9. The minimum absolute atomic E-state index is 0.149. The number of hydrogen-bond donors (Lipinski definition) is 2. The van der Waals surface area contributed by atoms with Gasteiger partial charge in [0.25, 0.3) is 0 Å². The van der Waals surface area contributed by atoms with E-state index in [2.05, 4.69) is 50.5 Å². The molecule has 2 heterocycles. The topological polar surface area (TPSA) is 53.9 Å². The predicted molar refractivity (Wildman–Crippen MR) is 82.5 cm³/mol. The molecule has 5 heteroatoms. The van der Waals surface area contributed by atoms with Crippen molar-refractivity contribution < 1.29 is 4.42 Å². The largest absolute Gasteiger partial charge is 0.459 e. The van der Waals surface area contributed by atoms with Gasteiger partial charge in [0.15, 0.2) is 0 Å². The predicted octanol–water partition coefficient (Wildman–Crippen LogP) is 4.08. The molecule has 0 amide bonds. The zero-order valence-corrected chi connectivity index (χ0v) is 13.0. The Bertz CT molecular complexity index is 732. The minimum Gasteiger partial charge on any atom is -0.459 e. The van der Waals surface area contributed by atoms with E-state index in [9.17, 15) is 0 Å². The van der Waals surface area contributed by atoms with Crippen LogP contribution in [-0.2, 0) is 6.54 Å². The highest BCUT2D eigenvalue weighted by Crippen LogP contribution is 2.26. The molecule has 104 valence electrons. The van der Waals surface area contributed by atoms with Gasteiger partial charge in [0.05, 0.1) is 12.2 Å². The number of H-pyrrole nitrogens is 1. The first-order valence-electron chi connectivity index (χ1n) is 6.54. The Kier molecular flexibility index (Phi) is 3.63. The number of hydrogen-bond acceptors (Lipinski definition) is 3. The summed E-state index contributed by atoms with van der Waals surface area (Å²) in [4.78, 5) is 0. The molecular formula is C15H16BrN3O. The molecule has 0 radical (unpaired) electrons. The van der Waals surface area contributed by atoms with Crippen LogP contribution >= 0.6 is 15.9 Å². The molecular weight excluding hydrogens is 318 g/mol. The number of aromatic amines is 1. The van der Waals surface area contributed by atoms with Gasteiger partial charge in [-0.25, -0.2) is 0 Å². The van der Waals surface area contributed by atoms with Crippen molar-refractivity contribution in [1.29, 1.82) is 0 Å². The summed E-state index contributed by atoms with van der Waals surface area (Å²) in [5.74, 6) is 0.944. The lowest BCUT2D eigenvalue weighted by molar-refractivity contribution is 0.450. The van der Waals surface area contributed by atoms with E-state index in [0.29, 0.717) is 0 Å². The third-order valence-electron chi connectivity index (χ3n) is 3.46. The fourth-order valence-electron chi connectivity index (χ4n) is 2.17. The van der Waals surface area contributed by atoms with Gasteiger partial charge in [-0.3, -0.25) is 5.10 Å². The smallest absolute Gasteiger partial charge is 0.134 e. The second-order valence-electron chi connectivity index (χ2n) is 4.95. The number of aryl methyl sites for hydroxylation is 1. The van der Waals surface area contributed by atoms with E-state index in [1.165, 1.54) is 5.56 Å². The van der Waals surface area contributed by atoms with Crippen molar-refractivity contribution in [2.45, 2.75) is 26.4 Å². The Hall–Kier alpha value is -1.59. The van der Waals surface area contributed by atoms with Crippen LogP contribution in [0.15, 0.2) is 39.4 Å². The number of benzene rings is 1. The highest BCUT2D eigenvalue weighted by molar-refractivity contribution is 9.10. The third-order valence-corrected chi connectivity index (χ3v) is 3.95. The van der Waals surface area contributed by atoms with Gasteiger partial charge < -0.3 is 9.73 Å². The van der Waals surface area contributed by atoms with Crippen LogP contribution in [0.4, 0.5) is 0 Å². The Morgan fingerprint density at radius 3 is 3.00 bits per heavy atom. The Labute approximate surface area is 125 Å². The summed E-state index contributed by atoms with van der Waals surface area (Å²) >= 11 is 3.48. The molecule has 4 nitrogen and oxygen atoms in total. The fraction of sp³-hybridized carbons (Fsp3) is 0.267. The maximum absolute atomic E-state index is 5.88. The van der Waals surface area contributed by atoms with Crippen LogP contribution in [0.5, 0.6) is 0 Å². The molecule has 3 rings (SSSR count). The maximum Gasteiger partial charge on any atom is 0.134 e. The van der Waals surface area contributed by atoms with Gasteiger partial charge in [-0.15, -0.1) is 0 Å². The van der Waals surface area contributed by atoms with Crippen LogP contribution in [0.1, 0.15) is 30.0 Å². The van der Waals surface area contributed by atoms with E-state index >= 15 is 0 Å². The van der Waals surface area contributed by atoms with Crippen LogP contribution in [-0.4, -0.2) is 10.2 Å². The molecule has 1 unspecified atom stereocenters. The van der Waals surface area contributed by atoms with E-state index in [1.807, 2.05) is 25.3 Å². The summed E-state index contributed by atoms with van der Waals surface area (Å²) in [6.07, 6.45) is 1.85. The summed E-state index contributed by atoms with van der Waals surface area (Å²) in [7, 11) is 0. The van der Waals surface area contributed by atoms with Crippen LogP contribution in [0.2, 0.25) is 0 Å². The van der Waals surface area contributed by atoms with Gasteiger partial charge in [-0.2, -0.15) is 5.10 Å². The molecule has 0 saturated carbocycles. The van der Waals surface area contributed by atoms with Gasteiger partial charge >= 0.3 is 0 Å². The Morgan fingerprint density at radius 2 is 2.25 bits per heavy atom. The van der Waals surface area contributed by atoms with Crippen LogP contribution in [0.25, 0.3) is 11.0 Å². The average molecular weight is 334 g/mol. The third kappa shape index (κ3) is 2.64. The molecule has 3 aromatic rings. The van der Waals surface area contributed by atoms with Crippen molar-refractivity contribution in [3.05, 3.63) is 52.0 Å². The summed E-state index contributed by atoms with van der Waals surface area (Å²) in [6.45, 7) is 4.89. The van der Waals surface area contributed by atoms with Crippen molar-refractivity contribution in [3.8, 4) is 0 Å². The van der Waals surface area contributed by atoms with E-state index in [-0.39, 0.29) is 6.04 Å². The summed E-state index contributed by atoms with van der Waals surface area (Å²) in [6, 6.07) is 8.27. The molecule has 1 aromatic carbocycles. The minimum atomic E-state index is 0.149. The molecule has 0 aliphatic carbocycles. The van der Waals surface area contributed by atoms with E-state index in [0.717, 1.165) is 33.4 Å². The number of rotatable bonds is 4. The first-order chi connectivity index (χ1) is 9.63. The molecule has 2 aromatic heterocycles. The van der Waals surface area contributed by atoms with Crippen LogP contribution < -0.4 is 5.32 Å². The SMILES string of the molecule is Cc1[nH]ncc1CNC(C)c1cc2cc(Br)ccc2o1. The van der Waals surface area contributed by atoms with Gasteiger partial charge in [0.1, 0.15) is 11.3 Å². The molecule has 2 N–H and O–H groups in total. The number of furan rings is 1. The van der Waals surface area contributed by atoms with Crippen LogP contribution in [0, 0.1) is 6.92 Å². The molecule has 0 saturated heterocycles.